The Kier molecular flexibility index (Phi) is 4.63. The van der Waals surface area contributed by atoms with Crippen molar-refractivity contribution in [1.82, 2.24) is 0 Å². The predicted molar refractivity (Wildman–Crippen MR) is 87.2 cm³/mol. The smallest absolute Gasteiger partial charge is 0.0640 e. The normalized spacial score (nSPS) is 9.89. The summed E-state index contributed by atoms with van der Waals surface area (Å²) >= 11 is 2.28. The lowest BCUT2D eigenvalue weighted by Crippen LogP contribution is -2.19. The van der Waals surface area contributed by atoms with E-state index in [2.05, 4.69) is 33.6 Å². The molecule has 3 nitrogen and oxygen atoms in total. The first kappa shape index (κ1) is 13.7. The van der Waals surface area contributed by atoms with E-state index in [1.165, 1.54) is 0 Å². The van der Waals surface area contributed by atoms with Gasteiger partial charge in [-0.15, -0.1) is 0 Å². The van der Waals surface area contributed by atoms with Crippen LogP contribution >= 0.6 is 22.6 Å². The van der Waals surface area contributed by atoms with Crippen molar-refractivity contribution in [2.24, 2.45) is 0 Å². The Bertz CT molecular complexity index is 590. The third-order valence-electron chi connectivity index (χ3n) is 2.78. The molecule has 4 heteroatoms. The standard InChI is InChI=1S/C15H14IN3/c16-14-11-12(18)7-8-15(14)19(10-4-9-17)13-5-2-1-3-6-13/h1-3,5-8,11H,4,10,18H2. The second kappa shape index (κ2) is 6.43. The highest BCUT2D eigenvalue weighted by molar-refractivity contribution is 14.1. The van der Waals surface area contributed by atoms with Crippen LogP contribution in [0.25, 0.3) is 0 Å². The number of nitrogen functional groups attached to an aromatic ring is 1. The number of rotatable bonds is 4. The van der Waals surface area contributed by atoms with E-state index in [1.807, 2.05) is 48.5 Å². The van der Waals surface area contributed by atoms with E-state index in [-0.39, 0.29) is 0 Å². The molecule has 0 aliphatic rings. The van der Waals surface area contributed by atoms with Gasteiger partial charge in [0.2, 0.25) is 0 Å². The SMILES string of the molecule is N#CCCN(c1ccccc1)c1ccc(N)cc1I. The number of nitrogens with zero attached hydrogens (tertiary/aromatic N) is 2. The highest BCUT2D eigenvalue weighted by Gasteiger charge is 2.12. The average molecular weight is 363 g/mol. The molecule has 0 unspecified atom stereocenters. The van der Waals surface area contributed by atoms with Crippen LogP contribution in [-0.2, 0) is 0 Å². The Hall–Kier alpha value is -1.74. The molecule has 2 N–H and O–H groups in total. The molecule has 0 atom stereocenters. The van der Waals surface area contributed by atoms with E-state index in [0.717, 1.165) is 20.6 Å². The highest BCUT2D eigenvalue weighted by Crippen LogP contribution is 2.30. The molecule has 0 aliphatic heterocycles. The van der Waals surface area contributed by atoms with Gasteiger partial charge in [-0.2, -0.15) is 5.26 Å². The van der Waals surface area contributed by atoms with Crippen LogP contribution in [0.2, 0.25) is 0 Å². The van der Waals surface area contributed by atoms with Gasteiger partial charge >= 0.3 is 0 Å². The number of nitrogens with two attached hydrogens (primary N) is 1. The zero-order valence-corrected chi connectivity index (χ0v) is 12.5. The van der Waals surface area contributed by atoms with E-state index in [1.54, 1.807) is 0 Å². The van der Waals surface area contributed by atoms with Crippen LogP contribution in [0.15, 0.2) is 48.5 Å². The van der Waals surface area contributed by atoms with Gasteiger partial charge in [0.05, 0.1) is 18.2 Å². The first-order chi connectivity index (χ1) is 9.22. The van der Waals surface area contributed by atoms with Crippen molar-refractivity contribution in [1.29, 1.82) is 5.26 Å². The van der Waals surface area contributed by atoms with Crippen molar-refractivity contribution in [2.75, 3.05) is 17.2 Å². The number of para-hydroxylation sites is 1. The molecule has 0 bridgehead atoms. The van der Waals surface area contributed by atoms with E-state index in [0.29, 0.717) is 13.0 Å². The minimum atomic E-state index is 0.481. The summed E-state index contributed by atoms with van der Waals surface area (Å²) in [4.78, 5) is 2.14. The third kappa shape index (κ3) is 3.38. The van der Waals surface area contributed by atoms with E-state index in [9.17, 15) is 0 Å². The maximum atomic E-state index is 8.82. The lowest BCUT2D eigenvalue weighted by Gasteiger charge is -2.25. The first-order valence-electron chi connectivity index (χ1n) is 5.97. The summed E-state index contributed by atoms with van der Waals surface area (Å²) in [5, 5.41) is 8.82. The van der Waals surface area contributed by atoms with Crippen LogP contribution in [0.1, 0.15) is 6.42 Å². The molecule has 2 rings (SSSR count). The van der Waals surface area contributed by atoms with Crippen molar-refractivity contribution < 1.29 is 0 Å². The van der Waals surface area contributed by atoms with E-state index in [4.69, 9.17) is 11.0 Å². The maximum absolute atomic E-state index is 8.82. The number of halogens is 1. The van der Waals surface area contributed by atoms with Gasteiger partial charge in [0.1, 0.15) is 0 Å². The van der Waals surface area contributed by atoms with Crippen molar-refractivity contribution in [3.05, 3.63) is 52.1 Å². The lowest BCUT2D eigenvalue weighted by atomic mass is 10.2. The van der Waals surface area contributed by atoms with Gasteiger partial charge in [-0.05, 0) is 52.9 Å². The van der Waals surface area contributed by atoms with Gasteiger partial charge in [0.15, 0.2) is 0 Å². The second-order valence-electron chi connectivity index (χ2n) is 4.11. The van der Waals surface area contributed by atoms with Crippen LogP contribution in [0.3, 0.4) is 0 Å². The van der Waals surface area contributed by atoms with Crippen LogP contribution in [0, 0.1) is 14.9 Å². The molecule has 2 aromatic rings. The molecule has 0 radical (unpaired) electrons. The molecule has 0 heterocycles. The maximum Gasteiger partial charge on any atom is 0.0640 e. The number of hydrogen-bond acceptors (Lipinski definition) is 3. The lowest BCUT2D eigenvalue weighted by molar-refractivity contribution is 0.945. The van der Waals surface area contributed by atoms with Crippen molar-refractivity contribution in [3.8, 4) is 6.07 Å². The van der Waals surface area contributed by atoms with Crippen LogP contribution in [-0.4, -0.2) is 6.54 Å². The molecule has 0 fully saturated rings. The van der Waals surface area contributed by atoms with Gasteiger partial charge in [0, 0.05) is 21.5 Å². The number of anilines is 3. The van der Waals surface area contributed by atoms with Crippen molar-refractivity contribution in [3.63, 3.8) is 0 Å². The fraction of sp³-hybridized carbons (Fsp3) is 0.133. The Morgan fingerprint density at radius 2 is 1.89 bits per heavy atom. The van der Waals surface area contributed by atoms with Crippen LogP contribution in [0.4, 0.5) is 17.1 Å². The minimum absolute atomic E-state index is 0.481. The molecule has 0 amide bonds. The van der Waals surface area contributed by atoms with Crippen LogP contribution < -0.4 is 10.6 Å². The van der Waals surface area contributed by atoms with Crippen LogP contribution in [0.5, 0.6) is 0 Å². The monoisotopic (exact) mass is 363 g/mol. The summed E-state index contributed by atoms with van der Waals surface area (Å²) < 4.78 is 1.08. The molecule has 0 spiro atoms. The minimum Gasteiger partial charge on any atom is -0.399 e. The quantitative estimate of drug-likeness (QED) is 0.662. The summed E-state index contributed by atoms with van der Waals surface area (Å²) in [6, 6.07) is 18.1. The van der Waals surface area contributed by atoms with E-state index >= 15 is 0 Å². The largest absolute Gasteiger partial charge is 0.399 e. The Labute approximate surface area is 126 Å². The zero-order valence-electron chi connectivity index (χ0n) is 10.4. The summed E-state index contributed by atoms with van der Waals surface area (Å²) in [6.07, 6.45) is 0.481. The molecular weight excluding hydrogens is 349 g/mol. The second-order valence-corrected chi connectivity index (χ2v) is 5.27. The summed E-state index contributed by atoms with van der Waals surface area (Å²) in [5.41, 5.74) is 8.71. The van der Waals surface area contributed by atoms with Gasteiger partial charge in [-0.3, -0.25) is 0 Å². The zero-order chi connectivity index (χ0) is 13.7. The molecule has 0 saturated heterocycles. The fourth-order valence-electron chi connectivity index (χ4n) is 1.90. The summed E-state index contributed by atoms with van der Waals surface area (Å²) in [6.45, 7) is 0.667. The molecule has 19 heavy (non-hydrogen) atoms. The fourth-order valence-corrected chi connectivity index (χ4v) is 2.73. The van der Waals surface area contributed by atoms with Gasteiger partial charge < -0.3 is 10.6 Å². The first-order valence-corrected chi connectivity index (χ1v) is 7.05. The number of nitriles is 1. The molecule has 0 saturated carbocycles. The van der Waals surface area contributed by atoms with Gasteiger partial charge in [-0.1, -0.05) is 18.2 Å². The number of hydrogen-bond donors (Lipinski definition) is 1. The highest BCUT2D eigenvalue weighted by atomic mass is 127. The topological polar surface area (TPSA) is 53.0 Å². The van der Waals surface area contributed by atoms with Crippen molar-refractivity contribution >= 4 is 39.7 Å². The number of benzene rings is 2. The Morgan fingerprint density at radius 3 is 2.53 bits per heavy atom. The molecule has 2 aromatic carbocycles. The predicted octanol–water partition coefficient (Wildman–Crippen LogP) is 3.93. The summed E-state index contributed by atoms with van der Waals surface area (Å²) in [7, 11) is 0. The Balaban J connectivity index is 2.40. The Morgan fingerprint density at radius 1 is 1.16 bits per heavy atom. The van der Waals surface area contributed by atoms with E-state index < -0.39 is 0 Å². The molecule has 0 aliphatic carbocycles. The van der Waals surface area contributed by atoms with Crippen molar-refractivity contribution in [2.45, 2.75) is 6.42 Å². The van der Waals surface area contributed by atoms with Gasteiger partial charge in [-0.25, -0.2) is 0 Å². The molecular formula is C15H14IN3. The molecule has 0 aromatic heterocycles. The average Bonchev–Trinajstić information content (AvgIpc) is 2.42. The van der Waals surface area contributed by atoms with Gasteiger partial charge in [0.25, 0.3) is 0 Å². The summed E-state index contributed by atoms with van der Waals surface area (Å²) in [5.74, 6) is 0. The third-order valence-corrected chi connectivity index (χ3v) is 3.64. The molecule has 96 valence electrons.